The zero-order valence-corrected chi connectivity index (χ0v) is 10.8. The van der Waals surface area contributed by atoms with Gasteiger partial charge in [-0.25, -0.2) is 9.48 Å². The van der Waals surface area contributed by atoms with Crippen molar-refractivity contribution in [2.75, 3.05) is 0 Å². The molecule has 6 nitrogen and oxygen atoms in total. The number of hydrogen-bond acceptors (Lipinski definition) is 4. The molecule has 0 unspecified atom stereocenters. The predicted octanol–water partition coefficient (Wildman–Crippen LogP) is 2.08. The van der Waals surface area contributed by atoms with Crippen LogP contribution in [0.1, 0.15) is 23.1 Å². The van der Waals surface area contributed by atoms with Crippen molar-refractivity contribution in [1.29, 1.82) is 0 Å². The average molecular weight is 268 g/mol. The van der Waals surface area contributed by atoms with Gasteiger partial charge in [0.1, 0.15) is 0 Å². The Balaban J connectivity index is 2.29. The number of carbonyl (C=O) groups is 1. The van der Waals surface area contributed by atoms with Crippen LogP contribution >= 0.6 is 0 Å². The number of aromatic carboxylic acids is 1. The lowest BCUT2D eigenvalue weighted by molar-refractivity contribution is 0.0689. The Morgan fingerprint density at radius 1 is 1.35 bits per heavy atom. The van der Waals surface area contributed by atoms with Gasteiger partial charge in [-0.15, -0.1) is 5.10 Å². The summed E-state index contributed by atoms with van der Waals surface area (Å²) < 4.78 is 1.59. The van der Waals surface area contributed by atoms with Gasteiger partial charge in [0.2, 0.25) is 0 Å². The van der Waals surface area contributed by atoms with E-state index in [2.05, 4.69) is 15.3 Å². The topological polar surface area (TPSA) is 80.9 Å². The van der Waals surface area contributed by atoms with Gasteiger partial charge in [0.15, 0.2) is 5.69 Å². The first-order valence-corrected chi connectivity index (χ1v) is 6.23. The molecule has 2 heterocycles. The molecule has 0 aliphatic heterocycles. The smallest absolute Gasteiger partial charge is 0.358 e. The third kappa shape index (κ3) is 1.82. The first-order valence-electron chi connectivity index (χ1n) is 6.23. The number of carboxylic acids is 1. The molecule has 0 aliphatic rings. The Morgan fingerprint density at radius 3 is 2.95 bits per heavy atom. The van der Waals surface area contributed by atoms with E-state index in [0.717, 1.165) is 16.5 Å². The van der Waals surface area contributed by atoms with Crippen LogP contribution in [0.3, 0.4) is 0 Å². The number of benzene rings is 1. The standard InChI is InChI=1S/C14H12N4O2/c1-2-11-13(14(19)20)16-17-18(11)12-5-3-4-9-8-15-7-6-10(9)12/h3-8H,2H2,1H3,(H,19,20). The van der Waals surface area contributed by atoms with E-state index in [4.69, 9.17) is 5.11 Å². The third-order valence-electron chi connectivity index (χ3n) is 3.19. The average Bonchev–Trinajstić information content (AvgIpc) is 2.90. The molecule has 0 spiro atoms. The van der Waals surface area contributed by atoms with Gasteiger partial charge in [0.05, 0.1) is 11.4 Å². The van der Waals surface area contributed by atoms with Crippen LogP contribution in [0.25, 0.3) is 16.5 Å². The molecule has 0 amide bonds. The van der Waals surface area contributed by atoms with Crippen LogP contribution in [0.5, 0.6) is 0 Å². The van der Waals surface area contributed by atoms with Crippen molar-refractivity contribution < 1.29 is 9.90 Å². The first kappa shape index (κ1) is 12.3. The lowest BCUT2D eigenvalue weighted by Gasteiger charge is -2.08. The minimum absolute atomic E-state index is 0.00133. The molecule has 3 rings (SSSR count). The van der Waals surface area contributed by atoms with Gasteiger partial charge < -0.3 is 5.11 Å². The van der Waals surface area contributed by atoms with Crippen LogP contribution in [0.4, 0.5) is 0 Å². The maximum Gasteiger partial charge on any atom is 0.358 e. The fourth-order valence-corrected chi connectivity index (χ4v) is 2.27. The van der Waals surface area contributed by atoms with Gasteiger partial charge in [-0.3, -0.25) is 4.98 Å². The number of pyridine rings is 1. The molecule has 0 radical (unpaired) electrons. The Bertz CT molecular complexity index is 789. The summed E-state index contributed by atoms with van der Waals surface area (Å²) in [5.41, 5.74) is 1.39. The lowest BCUT2D eigenvalue weighted by atomic mass is 10.1. The molecule has 0 fully saturated rings. The van der Waals surface area contributed by atoms with E-state index >= 15 is 0 Å². The van der Waals surface area contributed by atoms with Crippen molar-refractivity contribution in [2.45, 2.75) is 13.3 Å². The molecule has 0 saturated heterocycles. The normalized spacial score (nSPS) is 10.8. The monoisotopic (exact) mass is 268 g/mol. The minimum atomic E-state index is -1.06. The van der Waals surface area contributed by atoms with E-state index < -0.39 is 5.97 Å². The molecule has 0 atom stereocenters. The van der Waals surface area contributed by atoms with Gasteiger partial charge in [-0.1, -0.05) is 24.3 Å². The number of nitrogens with zero attached hydrogens (tertiary/aromatic N) is 4. The molecular formula is C14H12N4O2. The number of hydrogen-bond donors (Lipinski definition) is 1. The fraction of sp³-hybridized carbons (Fsp3) is 0.143. The SMILES string of the molecule is CCc1c(C(=O)O)nnn1-c1cccc2cnccc12. The van der Waals surface area contributed by atoms with Gasteiger partial charge in [-0.05, 0) is 18.6 Å². The molecule has 1 aromatic carbocycles. The summed E-state index contributed by atoms with van der Waals surface area (Å²) in [5, 5.41) is 18.8. The number of aromatic nitrogens is 4. The van der Waals surface area contributed by atoms with E-state index in [1.165, 1.54) is 0 Å². The largest absolute Gasteiger partial charge is 0.476 e. The summed E-state index contributed by atoms with van der Waals surface area (Å²) >= 11 is 0. The van der Waals surface area contributed by atoms with Gasteiger partial charge in [-0.2, -0.15) is 0 Å². The molecule has 6 heteroatoms. The Morgan fingerprint density at radius 2 is 2.20 bits per heavy atom. The van der Waals surface area contributed by atoms with Crippen LogP contribution in [0, 0.1) is 0 Å². The van der Waals surface area contributed by atoms with Crippen LogP contribution in [0.15, 0.2) is 36.7 Å². The summed E-state index contributed by atoms with van der Waals surface area (Å²) in [5.74, 6) is -1.06. The molecule has 1 N–H and O–H groups in total. The van der Waals surface area contributed by atoms with Crippen LogP contribution < -0.4 is 0 Å². The van der Waals surface area contributed by atoms with Gasteiger partial charge >= 0.3 is 5.97 Å². The summed E-state index contributed by atoms with van der Waals surface area (Å²) in [7, 11) is 0. The first-order chi connectivity index (χ1) is 9.72. The van der Waals surface area contributed by atoms with Crippen LogP contribution in [-0.2, 0) is 6.42 Å². The molecule has 2 aromatic heterocycles. The van der Waals surface area contributed by atoms with Crippen molar-refractivity contribution >= 4 is 16.7 Å². The van der Waals surface area contributed by atoms with Crippen molar-refractivity contribution in [2.24, 2.45) is 0 Å². The molecular weight excluding hydrogens is 256 g/mol. The van der Waals surface area contributed by atoms with Gasteiger partial charge in [0.25, 0.3) is 0 Å². The summed E-state index contributed by atoms with van der Waals surface area (Å²) in [6.45, 7) is 1.88. The second-order valence-corrected chi connectivity index (χ2v) is 4.33. The van der Waals surface area contributed by atoms with E-state index in [1.54, 1.807) is 17.1 Å². The highest BCUT2D eigenvalue weighted by molar-refractivity contribution is 5.90. The molecule has 0 bridgehead atoms. The Hall–Kier alpha value is -2.76. The summed E-state index contributed by atoms with van der Waals surface area (Å²) in [6, 6.07) is 7.61. The van der Waals surface area contributed by atoms with Crippen LogP contribution in [-0.4, -0.2) is 31.1 Å². The van der Waals surface area contributed by atoms with E-state index in [-0.39, 0.29) is 5.69 Å². The third-order valence-corrected chi connectivity index (χ3v) is 3.19. The summed E-state index contributed by atoms with van der Waals surface area (Å²) in [6.07, 6.45) is 4.00. The molecule has 100 valence electrons. The van der Waals surface area contributed by atoms with Crippen molar-refractivity contribution in [3.8, 4) is 5.69 Å². The second kappa shape index (κ2) is 4.73. The number of rotatable bonds is 3. The number of fused-ring (bicyclic) bond motifs is 1. The molecule has 20 heavy (non-hydrogen) atoms. The van der Waals surface area contributed by atoms with Crippen molar-refractivity contribution in [3.05, 3.63) is 48.0 Å². The van der Waals surface area contributed by atoms with E-state index in [9.17, 15) is 4.79 Å². The quantitative estimate of drug-likeness (QED) is 0.786. The van der Waals surface area contributed by atoms with E-state index in [1.807, 2.05) is 31.2 Å². The second-order valence-electron chi connectivity index (χ2n) is 4.33. The van der Waals surface area contributed by atoms with Gasteiger partial charge in [0, 0.05) is 23.2 Å². The van der Waals surface area contributed by atoms with Crippen LogP contribution in [0.2, 0.25) is 0 Å². The number of carboxylic acid groups (broad SMARTS) is 1. The summed E-state index contributed by atoms with van der Waals surface area (Å²) in [4.78, 5) is 15.2. The molecule has 0 aliphatic carbocycles. The highest BCUT2D eigenvalue weighted by Crippen LogP contribution is 2.23. The Kier molecular flexibility index (Phi) is 2.90. The maximum atomic E-state index is 11.2. The maximum absolute atomic E-state index is 11.2. The fourth-order valence-electron chi connectivity index (χ4n) is 2.27. The highest BCUT2D eigenvalue weighted by atomic mass is 16.4. The molecule has 3 aromatic rings. The lowest BCUT2D eigenvalue weighted by Crippen LogP contribution is -2.06. The minimum Gasteiger partial charge on any atom is -0.476 e. The molecule has 0 saturated carbocycles. The predicted molar refractivity (Wildman–Crippen MR) is 73.0 cm³/mol. The highest BCUT2D eigenvalue weighted by Gasteiger charge is 2.19. The zero-order chi connectivity index (χ0) is 14.1. The zero-order valence-electron chi connectivity index (χ0n) is 10.8. The Labute approximate surface area is 114 Å². The van der Waals surface area contributed by atoms with E-state index in [0.29, 0.717) is 12.1 Å². The van der Waals surface area contributed by atoms with Crippen molar-refractivity contribution in [3.63, 3.8) is 0 Å². The van der Waals surface area contributed by atoms with Crippen molar-refractivity contribution in [1.82, 2.24) is 20.0 Å².